The van der Waals surface area contributed by atoms with Crippen LogP contribution in [0.25, 0.3) is 6.08 Å². The lowest BCUT2D eigenvalue weighted by Gasteiger charge is -2.26. The summed E-state index contributed by atoms with van der Waals surface area (Å²) in [7, 11) is 1.49. The van der Waals surface area contributed by atoms with Crippen LogP contribution in [0.2, 0.25) is 5.02 Å². The average Bonchev–Trinajstić information content (AvgIpc) is 2.83. The van der Waals surface area contributed by atoms with E-state index in [0.29, 0.717) is 33.2 Å². The van der Waals surface area contributed by atoms with Crippen LogP contribution in [0.4, 0.5) is 10.5 Å². The van der Waals surface area contributed by atoms with Gasteiger partial charge in [0.2, 0.25) is 0 Å². The lowest BCUT2D eigenvalue weighted by atomic mass is 10.1. The Morgan fingerprint density at radius 3 is 2.49 bits per heavy atom. The van der Waals surface area contributed by atoms with Crippen molar-refractivity contribution in [2.45, 2.75) is 13.5 Å². The van der Waals surface area contributed by atoms with Crippen molar-refractivity contribution in [2.24, 2.45) is 0 Å². The van der Waals surface area contributed by atoms with Crippen LogP contribution in [0.3, 0.4) is 0 Å². The highest BCUT2D eigenvalue weighted by Crippen LogP contribution is 2.38. The predicted octanol–water partition coefficient (Wildman–Crippen LogP) is 5.66. The molecule has 0 atom stereocenters. The number of benzene rings is 3. The van der Waals surface area contributed by atoms with Crippen molar-refractivity contribution >= 4 is 57.1 Å². The Morgan fingerprint density at radius 2 is 1.80 bits per heavy atom. The van der Waals surface area contributed by atoms with Gasteiger partial charge in [-0.05, 0) is 69.9 Å². The number of urea groups is 1. The van der Waals surface area contributed by atoms with Crippen molar-refractivity contribution in [1.82, 2.24) is 5.32 Å². The summed E-state index contributed by atoms with van der Waals surface area (Å²) in [6.07, 6.45) is 1.39. The van der Waals surface area contributed by atoms with Crippen LogP contribution in [0, 0.1) is 6.92 Å². The Kier molecular flexibility index (Phi) is 7.23. The molecule has 4 amide bonds. The van der Waals surface area contributed by atoms with Crippen molar-refractivity contribution in [3.63, 3.8) is 0 Å². The van der Waals surface area contributed by atoms with E-state index in [9.17, 15) is 14.4 Å². The highest BCUT2D eigenvalue weighted by molar-refractivity contribution is 9.10. The maximum Gasteiger partial charge on any atom is 0.335 e. The largest absolute Gasteiger partial charge is 0.493 e. The minimum Gasteiger partial charge on any atom is -0.493 e. The fourth-order valence-corrected chi connectivity index (χ4v) is 4.22. The number of barbiturate groups is 1. The number of hydrogen-bond donors (Lipinski definition) is 1. The zero-order valence-electron chi connectivity index (χ0n) is 18.8. The van der Waals surface area contributed by atoms with E-state index in [1.165, 1.54) is 19.3 Å². The zero-order chi connectivity index (χ0) is 25.1. The predicted molar refractivity (Wildman–Crippen MR) is 137 cm³/mol. The van der Waals surface area contributed by atoms with E-state index in [4.69, 9.17) is 21.1 Å². The maximum atomic E-state index is 13.2. The molecule has 0 aliphatic carbocycles. The summed E-state index contributed by atoms with van der Waals surface area (Å²) < 4.78 is 12.0. The second kappa shape index (κ2) is 10.3. The summed E-state index contributed by atoms with van der Waals surface area (Å²) in [6.45, 7) is 2.13. The molecule has 1 fully saturated rings. The third-order valence-corrected chi connectivity index (χ3v) is 6.30. The van der Waals surface area contributed by atoms with Gasteiger partial charge in [0.1, 0.15) is 12.2 Å². The minimum atomic E-state index is -0.847. The van der Waals surface area contributed by atoms with Crippen LogP contribution >= 0.6 is 27.5 Å². The fraction of sp³-hybridized carbons (Fsp3) is 0.115. The molecule has 0 spiro atoms. The molecule has 1 N–H and O–H groups in total. The van der Waals surface area contributed by atoms with Gasteiger partial charge in [0.15, 0.2) is 11.5 Å². The molecule has 0 bridgehead atoms. The summed E-state index contributed by atoms with van der Waals surface area (Å²) in [6, 6.07) is 16.9. The third-order valence-electron chi connectivity index (χ3n) is 5.30. The quantitative estimate of drug-likeness (QED) is 0.313. The van der Waals surface area contributed by atoms with E-state index in [-0.39, 0.29) is 11.3 Å². The topological polar surface area (TPSA) is 84.9 Å². The molecular weight excluding hydrogens is 536 g/mol. The number of nitrogens with one attached hydrogen (secondary N) is 1. The van der Waals surface area contributed by atoms with Gasteiger partial charge >= 0.3 is 6.03 Å². The van der Waals surface area contributed by atoms with Crippen LogP contribution in [-0.2, 0) is 16.2 Å². The second-order valence-corrected chi connectivity index (χ2v) is 8.96. The van der Waals surface area contributed by atoms with Gasteiger partial charge < -0.3 is 9.47 Å². The Labute approximate surface area is 215 Å². The number of carbonyl (C=O) groups excluding carboxylic acids is 3. The Morgan fingerprint density at radius 1 is 1.06 bits per heavy atom. The van der Waals surface area contributed by atoms with Crippen molar-refractivity contribution < 1.29 is 23.9 Å². The minimum absolute atomic E-state index is 0.215. The van der Waals surface area contributed by atoms with Crippen LogP contribution in [0.5, 0.6) is 11.5 Å². The first-order chi connectivity index (χ1) is 16.8. The van der Waals surface area contributed by atoms with Crippen molar-refractivity contribution in [1.29, 1.82) is 0 Å². The Hall–Kier alpha value is -3.62. The highest BCUT2D eigenvalue weighted by atomic mass is 79.9. The van der Waals surface area contributed by atoms with Gasteiger partial charge in [-0.2, -0.15) is 0 Å². The first-order valence-corrected chi connectivity index (χ1v) is 11.7. The zero-order valence-corrected chi connectivity index (χ0v) is 21.1. The van der Waals surface area contributed by atoms with E-state index in [2.05, 4.69) is 21.2 Å². The number of anilines is 1. The van der Waals surface area contributed by atoms with Gasteiger partial charge in [-0.1, -0.05) is 48.0 Å². The number of rotatable bonds is 6. The van der Waals surface area contributed by atoms with Crippen molar-refractivity contribution in [3.05, 3.63) is 92.4 Å². The molecule has 0 radical (unpaired) electrons. The second-order valence-electron chi connectivity index (χ2n) is 7.70. The van der Waals surface area contributed by atoms with Crippen LogP contribution < -0.4 is 19.7 Å². The summed E-state index contributed by atoms with van der Waals surface area (Å²) in [5.41, 5.74) is 2.31. The number of imide groups is 2. The molecule has 0 unspecified atom stereocenters. The Bertz CT molecular complexity index is 1360. The SMILES string of the molecule is COc1cc(/C=C2/C(=O)NC(=O)N(c3ccc(C)c(Cl)c3)C2=O)cc(Br)c1OCc1ccccc1. The molecule has 1 aliphatic heterocycles. The number of amides is 4. The molecule has 9 heteroatoms. The number of hydrogen-bond acceptors (Lipinski definition) is 5. The van der Waals surface area contributed by atoms with Crippen molar-refractivity contribution in [2.75, 3.05) is 12.0 Å². The number of nitrogens with zero attached hydrogens (tertiary/aromatic N) is 1. The molecular formula is C26H20BrClN2O5. The molecule has 178 valence electrons. The first-order valence-electron chi connectivity index (χ1n) is 10.5. The van der Waals surface area contributed by atoms with Gasteiger partial charge in [0.05, 0.1) is 17.3 Å². The fourth-order valence-electron chi connectivity index (χ4n) is 3.47. The summed E-state index contributed by atoms with van der Waals surface area (Å²) in [5, 5.41) is 2.60. The first kappa shape index (κ1) is 24.5. The lowest BCUT2D eigenvalue weighted by molar-refractivity contribution is -0.122. The van der Waals surface area contributed by atoms with Crippen LogP contribution in [0.15, 0.2) is 70.7 Å². The standard InChI is InChI=1S/C26H20BrClN2O5/c1-15-8-9-18(13-21(15)28)30-25(32)19(24(31)29-26(30)33)10-17-11-20(27)23(22(12-17)34-2)35-14-16-6-4-3-5-7-16/h3-13H,14H2,1-2H3,(H,29,31,33)/b19-10-. The monoisotopic (exact) mass is 554 g/mol. The molecule has 35 heavy (non-hydrogen) atoms. The molecule has 0 aromatic heterocycles. The Balaban J connectivity index is 1.65. The smallest absolute Gasteiger partial charge is 0.335 e. The molecule has 1 saturated heterocycles. The molecule has 3 aromatic rings. The molecule has 4 rings (SSSR count). The van der Waals surface area contributed by atoms with Crippen LogP contribution in [0.1, 0.15) is 16.7 Å². The van der Waals surface area contributed by atoms with Gasteiger partial charge in [-0.3, -0.25) is 14.9 Å². The van der Waals surface area contributed by atoms with Crippen molar-refractivity contribution in [3.8, 4) is 11.5 Å². The number of methoxy groups -OCH3 is 1. The van der Waals surface area contributed by atoms with E-state index in [1.807, 2.05) is 30.3 Å². The lowest BCUT2D eigenvalue weighted by Crippen LogP contribution is -2.54. The molecule has 7 nitrogen and oxygen atoms in total. The molecule has 1 heterocycles. The summed E-state index contributed by atoms with van der Waals surface area (Å²) in [5.74, 6) is -0.680. The van der Waals surface area contributed by atoms with E-state index >= 15 is 0 Å². The van der Waals surface area contributed by atoms with E-state index in [1.54, 1.807) is 31.2 Å². The molecule has 0 saturated carbocycles. The average molecular weight is 556 g/mol. The van der Waals surface area contributed by atoms with Gasteiger partial charge in [0, 0.05) is 5.02 Å². The normalized spacial score (nSPS) is 14.8. The number of halogens is 2. The maximum absolute atomic E-state index is 13.2. The van der Waals surface area contributed by atoms with Gasteiger partial charge in [-0.25, -0.2) is 9.69 Å². The third kappa shape index (κ3) is 5.23. The number of aryl methyl sites for hydroxylation is 1. The van der Waals surface area contributed by atoms with E-state index in [0.717, 1.165) is 16.0 Å². The number of ether oxygens (including phenoxy) is 2. The number of carbonyl (C=O) groups is 3. The van der Waals surface area contributed by atoms with Gasteiger partial charge in [0.25, 0.3) is 11.8 Å². The highest BCUT2D eigenvalue weighted by Gasteiger charge is 2.37. The van der Waals surface area contributed by atoms with Crippen LogP contribution in [-0.4, -0.2) is 25.0 Å². The summed E-state index contributed by atoms with van der Waals surface area (Å²) in [4.78, 5) is 39.1. The molecule has 1 aliphatic rings. The molecule has 3 aromatic carbocycles. The summed E-state index contributed by atoms with van der Waals surface area (Å²) >= 11 is 9.65. The van der Waals surface area contributed by atoms with E-state index < -0.39 is 17.8 Å². The van der Waals surface area contributed by atoms with Gasteiger partial charge in [-0.15, -0.1) is 0 Å².